The normalized spacial score (nSPS) is 10.2. The van der Waals surface area contributed by atoms with E-state index in [4.69, 9.17) is 0 Å². The van der Waals surface area contributed by atoms with Crippen LogP contribution in [-0.4, -0.2) is 17.9 Å². The number of carbonyl (C=O) groups is 1. The van der Waals surface area contributed by atoms with Crippen LogP contribution in [0.3, 0.4) is 0 Å². The average Bonchev–Trinajstić information content (AvgIpc) is 2.45. The van der Waals surface area contributed by atoms with Gasteiger partial charge in [-0.15, -0.1) is 0 Å². The van der Waals surface area contributed by atoms with Crippen LogP contribution in [0.2, 0.25) is 0 Å². The maximum Gasteiger partial charge on any atom is 0.254 e. The zero-order chi connectivity index (χ0) is 14.5. The maximum atomic E-state index is 13.9. The predicted molar refractivity (Wildman–Crippen MR) is 76.1 cm³/mol. The Morgan fingerprint density at radius 1 is 1.35 bits per heavy atom. The molecule has 0 aliphatic rings. The molecule has 5 heteroatoms. The van der Waals surface area contributed by atoms with Crippen molar-refractivity contribution in [2.75, 3.05) is 12.4 Å². The fraction of sp³-hybridized carbons (Fsp3) is 0.200. The number of rotatable bonds is 4. The molecular formula is C15H16FN3O. The van der Waals surface area contributed by atoms with Crippen LogP contribution < -0.4 is 10.6 Å². The monoisotopic (exact) mass is 273 g/mol. The molecule has 0 radical (unpaired) electrons. The molecule has 20 heavy (non-hydrogen) atoms. The van der Waals surface area contributed by atoms with Crippen LogP contribution in [0.5, 0.6) is 0 Å². The molecule has 2 rings (SSSR count). The van der Waals surface area contributed by atoms with E-state index >= 15 is 0 Å². The van der Waals surface area contributed by atoms with Crippen molar-refractivity contribution in [1.82, 2.24) is 10.3 Å². The Morgan fingerprint density at radius 3 is 2.85 bits per heavy atom. The van der Waals surface area contributed by atoms with Gasteiger partial charge in [-0.2, -0.15) is 0 Å². The van der Waals surface area contributed by atoms with E-state index in [2.05, 4.69) is 15.6 Å². The van der Waals surface area contributed by atoms with Crippen LogP contribution >= 0.6 is 0 Å². The number of halogens is 1. The highest BCUT2D eigenvalue weighted by molar-refractivity contribution is 5.95. The van der Waals surface area contributed by atoms with Crippen molar-refractivity contribution in [3.8, 4) is 0 Å². The first-order chi connectivity index (χ1) is 9.61. The number of hydrogen-bond acceptors (Lipinski definition) is 3. The van der Waals surface area contributed by atoms with E-state index in [0.717, 1.165) is 11.1 Å². The van der Waals surface area contributed by atoms with Crippen molar-refractivity contribution < 1.29 is 9.18 Å². The lowest BCUT2D eigenvalue weighted by Crippen LogP contribution is -2.24. The molecular weight excluding hydrogens is 257 g/mol. The number of amides is 1. The van der Waals surface area contributed by atoms with Crippen molar-refractivity contribution >= 4 is 11.7 Å². The molecule has 2 aromatic rings. The third-order valence-corrected chi connectivity index (χ3v) is 2.91. The van der Waals surface area contributed by atoms with Gasteiger partial charge in [-0.25, -0.2) is 9.37 Å². The van der Waals surface area contributed by atoms with E-state index in [0.29, 0.717) is 6.54 Å². The van der Waals surface area contributed by atoms with E-state index in [9.17, 15) is 9.18 Å². The van der Waals surface area contributed by atoms with Crippen LogP contribution in [0.25, 0.3) is 0 Å². The van der Waals surface area contributed by atoms with Crippen LogP contribution in [0.15, 0.2) is 36.5 Å². The standard InChI is InChI=1S/C15H16FN3O/c1-10-4-3-5-11(8-10)9-19-15(20)12-6-7-18-14(17-2)13(12)16/h3-8H,9H2,1-2H3,(H,17,18)(H,19,20). The number of nitrogens with one attached hydrogen (secondary N) is 2. The van der Waals surface area contributed by atoms with Gasteiger partial charge in [0.2, 0.25) is 0 Å². The summed E-state index contributed by atoms with van der Waals surface area (Å²) in [6.45, 7) is 2.34. The molecule has 0 fully saturated rings. The highest BCUT2D eigenvalue weighted by atomic mass is 19.1. The Hall–Kier alpha value is -2.43. The summed E-state index contributed by atoms with van der Waals surface area (Å²) in [6, 6.07) is 9.15. The summed E-state index contributed by atoms with van der Waals surface area (Å²) in [5, 5.41) is 5.31. The number of aromatic nitrogens is 1. The fourth-order valence-electron chi connectivity index (χ4n) is 1.89. The van der Waals surface area contributed by atoms with Gasteiger partial charge in [-0.3, -0.25) is 4.79 Å². The molecule has 2 N–H and O–H groups in total. The second-order valence-electron chi connectivity index (χ2n) is 4.44. The smallest absolute Gasteiger partial charge is 0.254 e. The second-order valence-corrected chi connectivity index (χ2v) is 4.44. The Labute approximate surface area is 117 Å². The summed E-state index contributed by atoms with van der Waals surface area (Å²) in [4.78, 5) is 15.8. The van der Waals surface area contributed by atoms with Gasteiger partial charge in [0.05, 0.1) is 5.56 Å². The first-order valence-electron chi connectivity index (χ1n) is 6.28. The lowest BCUT2D eigenvalue weighted by atomic mass is 10.1. The number of carbonyl (C=O) groups excluding carboxylic acids is 1. The van der Waals surface area contributed by atoms with E-state index < -0.39 is 11.7 Å². The number of nitrogens with zero attached hydrogens (tertiary/aromatic N) is 1. The van der Waals surface area contributed by atoms with Gasteiger partial charge in [0.25, 0.3) is 5.91 Å². The number of hydrogen-bond donors (Lipinski definition) is 2. The van der Waals surface area contributed by atoms with E-state index in [1.54, 1.807) is 7.05 Å². The molecule has 0 spiro atoms. The van der Waals surface area contributed by atoms with Crippen molar-refractivity contribution in [3.63, 3.8) is 0 Å². The Balaban J connectivity index is 2.09. The molecule has 1 aromatic carbocycles. The lowest BCUT2D eigenvalue weighted by molar-refractivity contribution is 0.0947. The van der Waals surface area contributed by atoms with Crippen molar-refractivity contribution in [2.24, 2.45) is 0 Å². The molecule has 0 saturated carbocycles. The van der Waals surface area contributed by atoms with Crippen molar-refractivity contribution in [3.05, 3.63) is 59.0 Å². The molecule has 0 atom stereocenters. The average molecular weight is 273 g/mol. The zero-order valence-corrected chi connectivity index (χ0v) is 11.4. The first-order valence-corrected chi connectivity index (χ1v) is 6.28. The highest BCUT2D eigenvalue weighted by Gasteiger charge is 2.14. The van der Waals surface area contributed by atoms with Gasteiger partial charge in [0.15, 0.2) is 11.6 Å². The summed E-state index contributed by atoms with van der Waals surface area (Å²) < 4.78 is 13.9. The van der Waals surface area contributed by atoms with Crippen LogP contribution in [0.4, 0.5) is 10.2 Å². The molecule has 0 unspecified atom stereocenters. The lowest BCUT2D eigenvalue weighted by Gasteiger charge is -2.08. The SMILES string of the molecule is CNc1nccc(C(=O)NCc2cccc(C)c2)c1F. The largest absolute Gasteiger partial charge is 0.371 e. The summed E-state index contributed by atoms with van der Waals surface area (Å²) in [5.74, 6) is -1.03. The quantitative estimate of drug-likeness (QED) is 0.900. The van der Waals surface area contributed by atoms with Crippen LogP contribution in [-0.2, 0) is 6.54 Å². The zero-order valence-electron chi connectivity index (χ0n) is 11.4. The van der Waals surface area contributed by atoms with Crippen LogP contribution in [0.1, 0.15) is 21.5 Å². The van der Waals surface area contributed by atoms with Gasteiger partial charge < -0.3 is 10.6 Å². The second kappa shape index (κ2) is 6.14. The number of pyridine rings is 1. The van der Waals surface area contributed by atoms with E-state index in [-0.39, 0.29) is 11.4 Å². The fourth-order valence-corrected chi connectivity index (χ4v) is 1.89. The van der Waals surface area contributed by atoms with Gasteiger partial charge in [-0.05, 0) is 18.6 Å². The van der Waals surface area contributed by atoms with Gasteiger partial charge in [0, 0.05) is 19.8 Å². The first kappa shape index (κ1) is 14.0. The molecule has 0 saturated heterocycles. The molecule has 1 amide bonds. The molecule has 104 valence electrons. The minimum Gasteiger partial charge on any atom is -0.371 e. The maximum absolute atomic E-state index is 13.9. The minimum atomic E-state index is -0.642. The van der Waals surface area contributed by atoms with Gasteiger partial charge in [-0.1, -0.05) is 29.8 Å². The molecule has 4 nitrogen and oxygen atoms in total. The molecule has 0 bridgehead atoms. The topological polar surface area (TPSA) is 54.0 Å². The number of anilines is 1. The van der Waals surface area contributed by atoms with Crippen molar-refractivity contribution in [2.45, 2.75) is 13.5 Å². The van der Waals surface area contributed by atoms with Crippen molar-refractivity contribution in [1.29, 1.82) is 0 Å². The predicted octanol–water partition coefficient (Wildman–Crippen LogP) is 2.50. The number of benzene rings is 1. The molecule has 1 aromatic heterocycles. The number of aryl methyl sites for hydroxylation is 1. The summed E-state index contributed by atoms with van der Waals surface area (Å²) >= 11 is 0. The van der Waals surface area contributed by atoms with Crippen LogP contribution in [0, 0.1) is 12.7 Å². The van der Waals surface area contributed by atoms with E-state index in [1.165, 1.54) is 12.3 Å². The van der Waals surface area contributed by atoms with E-state index in [1.807, 2.05) is 31.2 Å². The highest BCUT2D eigenvalue weighted by Crippen LogP contribution is 2.14. The molecule has 0 aliphatic carbocycles. The summed E-state index contributed by atoms with van der Waals surface area (Å²) in [5.41, 5.74) is 2.07. The molecule has 0 aliphatic heterocycles. The minimum absolute atomic E-state index is 0.0167. The Kier molecular flexibility index (Phi) is 4.30. The summed E-state index contributed by atoms with van der Waals surface area (Å²) in [7, 11) is 1.56. The molecule has 1 heterocycles. The Bertz CT molecular complexity index is 628. The Morgan fingerprint density at radius 2 is 2.15 bits per heavy atom. The van der Waals surface area contributed by atoms with Gasteiger partial charge in [0.1, 0.15) is 0 Å². The van der Waals surface area contributed by atoms with Gasteiger partial charge >= 0.3 is 0 Å². The summed E-state index contributed by atoms with van der Waals surface area (Å²) in [6.07, 6.45) is 1.40. The third-order valence-electron chi connectivity index (χ3n) is 2.91. The third kappa shape index (κ3) is 3.12.